The van der Waals surface area contributed by atoms with Crippen LogP contribution in [0.5, 0.6) is 0 Å². The van der Waals surface area contributed by atoms with E-state index in [1.54, 1.807) is 0 Å². The standard InChI is InChI=1S/C37H22N2/c1-2-10-23(11-3-1)30-22-25-12-4-7-18-31(25)38-37(30)39-32-19-9-17-29-27-15-6-5-14-26(27)28-16-8-13-24-20-21-33(39)36(34(24)28)35(29)32/h1-22H. The van der Waals surface area contributed by atoms with Crippen molar-refractivity contribution in [2.45, 2.75) is 0 Å². The second kappa shape index (κ2) is 7.66. The number of fused-ring (bicyclic) bond motifs is 4. The summed E-state index contributed by atoms with van der Waals surface area (Å²) in [5.41, 5.74) is 10.8. The van der Waals surface area contributed by atoms with Gasteiger partial charge in [-0.3, -0.25) is 4.57 Å². The smallest absolute Gasteiger partial charge is 0.146 e. The zero-order valence-corrected chi connectivity index (χ0v) is 21.1. The van der Waals surface area contributed by atoms with Gasteiger partial charge in [0.2, 0.25) is 0 Å². The van der Waals surface area contributed by atoms with Gasteiger partial charge in [-0.2, -0.15) is 0 Å². The lowest BCUT2D eigenvalue weighted by Gasteiger charge is -2.16. The van der Waals surface area contributed by atoms with Gasteiger partial charge in [0, 0.05) is 21.7 Å². The van der Waals surface area contributed by atoms with E-state index in [2.05, 4.69) is 138 Å². The number of benzene rings is 6. The predicted molar refractivity (Wildman–Crippen MR) is 163 cm³/mol. The molecular formula is C37H22N2. The van der Waals surface area contributed by atoms with Crippen molar-refractivity contribution in [3.8, 4) is 39.2 Å². The Balaban J connectivity index is 1.53. The summed E-state index contributed by atoms with van der Waals surface area (Å²) in [5.74, 6) is 0.961. The molecule has 0 bridgehead atoms. The summed E-state index contributed by atoms with van der Waals surface area (Å²) < 4.78 is 2.40. The van der Waals surface area contributed by atoms with Gasteiger partial charge in [-0.05, 0) is 62.9 Å². The van der Waals surface area contributed by atoms with Gasteiger partial charge in [0.15, 0.2) is 0 Å². The van der Waals surface area contributed by atoms with Crippen LogP contribution < -0.4 is 0 Å². The molecule has 2 nitrogen and oxygen atoms in total. The molecule has 1 aliphatic rings. The van der Waals surface area contributed by atoms with Crippen LogP contribution in [0.15, 0.2) is 133 Å². The van der Waals surface area contributed by atoms with Crippen LogP contribution in [0.2, 0.25) is 0 Å². The second-order valence-electron chi connectivity index (χ2n) is 10.4. The topological polar surface area (TPSA) is 17.8 Å². The minimum atomic E-state index is 0.961. The first-order chi connectivity index (χ1) is 19.4. The summed E-state index contributed by atoms with van der Waals surface area (Å²) in [6.07, 6.45) is 0. The van der Waals surface area contributed by atoms with E-state index in [9.17, 15) is 0 Å². The van der Waals surface area contributed by atoms with Gasteiger partial charge in [-0.25, -0.2) is 4.98 Å². The Hall–Kier alpha value is -5.21. The third-order valence-corrected chi connectivity index (χ3v) is 8.31. The molecule has 8 aromatic rings. The summed E-state index contributed by atoms with van der Waals surface area (Å²) in [5, 5.41) is 6.33. The van der Waals surface area contributed by atoms with Crippen molar-refractivity contribution in [2.75, 3.05) is 0 Å². The highest BCUT2D eigenvalue weighted by Crippen LogP contribution is 2.49. The van der Waals surface area contributed by atoms with Crippen LogP contribution in [0.1, 0.15) is 0 Å². The van der Waals surface area contributed by atoms with Gasteiger partial charge in [0.1, 0.15) is 5.82 Å². The molecular weight excluding hydrogens is 472 g/mol. The van der Waals surface area contributed by atoms with Gasteiger partial charge in [-0.1, -0.05) is 109 Å². The van der Waals surface area contributed by atoms with Crippen molar-refractivity contribution in [3.05, 3.63) is 133 Å². The zero-order chi connectivity index (χ0) is 25.5. The summed E-state index contributed by atoms with van der Waals surface area (Å²) in [6.45, 7) is 0. The lowest BCUT2D eigenvalue weighted by atomic mass is 9.93. The first-order valence-electron chi connectivity index (χ1n) is 13.4. The lowest BCUT2D eigenvalue weighted by molar-refractivity contribution is 1.10. The van der Waals surface area contributed by atoms with E-state index in [0.717, 1.165) is 27.8 Å². The van der Waals surface area contributed by atoms with Crippen molar-refractivity contribution >= 4 is 43.5 Å². The summed E-state index contributed by atoms with van der Waals surface area (Å²) in [7, 11) is 0. The second-order valence-corrected chi connectivity index (χ2v) is 10.4. The zero-order valence-electron chi connectivity index (χ0n) is 21.1. The fourth-order valence-corrected chi connectivity index (χ4v) is 6.66. The minimum Gasteiger partial charge on any atom is -0.293 e. The van der Waals surface area contributed by atoms with Crippen LogP contribution >= 0.6 is 0 Å². The average Bonchev–Trinajstić information content (AvgIpc) is 3.28. The number of nitrogens with zero attached hydrogens (tertiary/aromatic N) is 2. The molecule has 180 valence electrons. The van der Waals surface area contributed by atoms with Gasteiger partial charge in [0.05, 0.1) is 16.6 Å². The molecule has 0 saturated carbocycles. The first kappa shape index (κ1) is 20.8. The molecule has 0 saturated heterocycles. The van der Waals surface area contributed by atoms with Gasteiger partial charge in [-0.15, -0.1) is 0 Å². The van der Waals surface area contributed by atoms with Crippen LogP contribution in [-0.2, 0) is 0 Å². The van der Waals surface area contributed by atoms with E-state index in [-0.39, 0.29) is 0 Å². The lowest BCUT2D eigenvalue weighted by Crippen LogP contribution is -2.01. The molecule has 0 radical (unpaired) electrons. The Bertz CT molecular complexity index is 2270. The molecule has 0 N–H and O–H groups in total. The predicted octanol–water partition coefficient (Wildman–Crippen LogP) is 9.80. The highest BCUT2D eigenvalue weighted by molar-refractivity contribution is 6.30. The summed E-state index contributed by atoms with van der Waals surface area (Å²) in [6, 6.07) is 48.2. The Morgan fingerprint density at radius 3 is 1.90 bits per heavy atom. The fourth-order valence-electron chi connectivity index (χ4n) is 6.66. The Morgan fingerprint density at radius 1 is 0.410 bits per heavy atom. The molecule has 1 aliphatic carbocycles. The molecule has 6 aromatic carbocycles. The number of hydrogen-bond acceptors (Lipinski definition) is 1. The van der Waals surface area contributed by atoms with Crippen molar-refractivity contribution in [1.29, 1.82) is 0 Å². The minimum absolute atomic E-state index is 0.961. The fraction of sp³-hybridized carbons (Fsp3) is 0. The van der Waals surface area contributed by atoms with Crippen LogP contribution in [0.3, 0.4) is 0 Å². The Kier molecular flexibility index (Phi) is 4.08. The van der Waals surface area contributed by atoms with Crippen LogP contribution in [0.25, 0.3) is 82.7 Å². The molecule has 0 atom stereocenters. The van der Waals surface area contributed by atoms with Crippen molar-refractivity contribution in [1.82, 2.24) is 9.55 Å². The number of hydrogen-bond donors (Lipinski definition) is 0. The molecule has 2 heterocycles. The molecule has 0 spiro atoms. The molecule has 0 fully saturated rings. The van der Waals surface area contributed by atoms with E-state index in [1.807, 2.05) is 0 Å². The van der Waals surface area contributed by atoms with E-state index in [0.29, 0.717) is 0 Å². The monoisotopic (exact) mass is 494 g/mol. The number of pyridine rings is 1. The molecule has 39 heavy (non-hydrogen) atoms. The third-order valence-electron chi connectivity index (χ3n) is 8.31. The number of rotatable bonds is 2. The molecule has 0 unspecified atom stereocenters. The highest BCUT2D eigenvalue weighted by atomic mass is 15.1. The van der Waals surface area contributed by atoms with Gasteiger partial charge in [0.25, 0.3) is 0 Å². The van der Waals surface area contributed by atoms with Crippen LogP contribution in [-0.4, -0.2) is 9.55 Å². The molecule has 0 aliphatic heterocycles. The Morgan fingerprint density at radius 2 is 1.05 bits per heavy atom. The summed E-state index contributed by atoms with van der Waals surface area (Å²) in [4.78, 5) is 5.35. The number of aromatic nitrogens is 2. The molecule has 0 amide bonds. The van der Waals surface area contributed by atoms with Gasteiger partial charge >= 0.3 is 0 Å². The largest absolute Gasteiger partial charge is 0.293 e. The van der Waals surface area contributed by atoms with Crippen molar-refractivity contribution < 1.29 is 0 Å². The maximum atomic E-state index is 5.35. The van der Waals surface area contributed by atoms with Crippen LogP contribution in [0, 0.1) is 0 Å². The van der Waals surface area contributed by atoms with E-state index < -0.39 is 0 Å². The maximum Gasteiger partial charge on any atom is 0.146 e. The normalized spacial score (nSPS) is 12.1. The quantitative estimate of drug-likeness (QED) is 0.234. The number of para-hydroxylation sites is 1. The third kappa shape index (κ3) is 2.78. The average molecular weight is 495 g/mol. The SMILES string of the molecule is c1ccc(-c2cc3ccccc3nc2-n2c3cccc4c3c3c5c(cccc5ccc32)-c2ccccc2-4)cc1. The van der Waals surface area contributed by atoms with Crippen molar-refractivity contribution in [3.63, 3.8) is 0 Å². The summed E-state index contributed by atoms with van der Waals surface area (Å²) >= 11 is 0. The molecule has 9 rings (SSSR count). The first-order valence-corrected chi connectivity index (χ1v) is 13.4. The highest BCUT2D eigenvalue weighted by Gasteiger charge is 2.25. The van der Waals surface area contributed by atoms with Crippen LogP contribution in [0.4, 0.5) is 0 Å². The van der Waals surface area contributed by atoms with E-state index in [4.69, 9.17) is 4.98 Å². The molecule has 2 aromatic heterocycles. The molecule has 2 heteroatoms. The maximum absolute atomic E-state index is 5.35. The van der Waals surface area contributed by atoms with E-state index >= 15 is 0 Å². The Labute approximate surface area is 225 Å². The van der Waals surface area contributed by atoms with Crippen molar-refractivity contribution in [2.24, 2.45) is 0 Å². The van der Waals surface area contributed by atoms with Gasteiger partial charge < -0.3 is 0 Å². The van der Waals surface area contributed by atoms with E-state index in [1.165, 1.54) is 54.8 Å².